The Kier molecular flexibility index (Phi) is 3.80. The zero-order chi connectivity index (χ0) is 14.2. The van der Waals surface area contributed by atoms with Crippen molar-refractivity contribution in [3.05, 3.63) is 49.6 Å². The number of halogens is 3. The van der Waals surface area contributed by atoms with Crippen LogP contribution in [0, 0.1) is 10.1 Å². The molecule has 0 amide bonds. The van der Waals surface area contributed by atoms with E-state index in [4.69, 9.17) is 40.5 Å². The highest BCUT2D eigenvalue weighted by atomic mass is 35.5. The minimum Gasteiger partial charge on any atom is -0.378 e. The van der Waals surface area contributed by atoms with E-state index in [0.29, 0.717) is 16.1 Å². The summed E-state index contributed by atoms with van der Waals surface area (Å²) in [5.74, 6) is -0.162. The van der Waals surface area contributed by atoms with Crippen LogP contribution in [0.3, 0.4) is 0 Å². The van der Waals surface area contributed by atoms with Crippen LogP contribution in [0.1, 0.15) is 0 Å². The number of rotatable bonds is 2. The maximum Gasteiger partial charge on any atom is 0.311 e. The Morgan fingerprint density at radius 1 is 1.21 bits per heavy atom. The number of nitro groups is 1. The first-order valence-corrected chi connectivity index (χ1v) is 6.09. The highest BCUT2D eigenvalue weighted by molar-refractivity contribution is 6.49. The lowest BCUT2D eigenvalue weighted by atomic mass is 10.1. The predicted octanol–water partition coefficient (Wildman–Crippen LogP) is 4.20. The molecule has 0 aliphatic heterocycles. The Labute approximate surface area is 123 Å². The van der Waals surface area contributed by atoms with Gasteiger partial charge in [-0.2, -0.15) is 0 Å². The van der Waals surface area contributed by atoms with Crippen LogP contribution in [0.4, 0.5) is 11.5 Å². The number of anilines is 1. The number of benzene rings is 1. The molecule has 19 heavy (non-hydrogen) atoms. The minimum atomic E-state index is -0.614. The van der Waals surface area contributed by atoms with Crippen LogP contribution in [-0.4, -0.2) is 9.91 Å². The average molecular weight is 319 g/mol. The third kappa shape index (κ3) is 2.58. The van der Waals surface area contributed by atoms with Crippen molar-refractivity contribution in [3.8, 4) is 11.1 Å². The quantitative estimate of drug-likeness (QED) is 0.511. The van der Waals surface area contributed by atoms with Crippen LogP contribution in [0.25, 0.3) is 11.1 Å². The smallest absolute Gasteiger partial charge is 0.311 e. The highest BCUT2D eigenvalue weighted by Gasteiger charge is 2.17. The van der Waals surface area contributed by atoms with E-state index in [9.17, 15) is 10.1 Å². The molecule has 0 saturated heterocycles. The molecule has 0 bridgehead atoms. The molecule has 2 N–H and O–H groups in total. The first-order valence-electron chi connectivity index (χ1n) is 4.95. The number of pyridine rings is 1. The summed E-state index contributed by atoms with van der Waals surface area (Å²) in [7, 11) is 0. The summed E-state index contributed by atoms with van der Waals surface area (Å²) in [4.78, 5) is 14.0. The molecule has 8 heteroatoms. The number of nitrogens with zero attached hydrogens (tertiary/aromatic N) is 2. The van der Waals surface area contributed by atoms with Crippen LogP contribution >= 0.6 is 34.8 Å². The number of nitrogen functional groups attached to an aromatic ring is 1. The molecular formula is C11H6Cl3N3O2. The van der Waals surface area contributed by atoms with E-state index in [0.717, 1.165) is 0 Å². The molecule has 0 spiro atoms. The summed E-state index contributed by atoms with van der Waals surface area (Å²) < 4.78 is 0. The van der Waals surface area contributed by atoms with Gasteiger partial charge in [-0.1, -0.05) is 40.9 Å². The van der Waals surface area contributed by atoms with Crippen LogP contribution < -0.4 is 5.73 Å². The van der Waals surface area contributed by atoms with Gasteiger partial charge in [-0.3, -0.25) is 10.1 Å². The number of hydrogen-bond acceptors (Lipinski definition) is 4. The molecule has 0 radical (unpaired) electrons. The molecule has 0 fully saturated rings. The summed E-state index contributed by atoms with van der Waals surface area (Å²) in [5.41, 5.74) is 6.06. The Balaban J connectivity index is 2.63. The van der Waals surface area contributed by atoms with Crippen molar-refractivity contribution < 1.29 is 4.92 Å². The molecule has 5 nitrogen and oxygen atoms in total. The summed E-state index contributed by atoms with van der Waals surface area (Å²) in [5, 5.41) is 11.5. The van der Waals surface area contributed by atoms with Crippen molar-refractivity contribution in [2.75, 3.05) is 5.73 Å². The summed E-state index contributed by atoms with van der Waals surface area (Å²) in [6.45, 7) is 0. The summed E-state index contributed by atoms with van der Waals surface area (Å²) in [6, 6.07) is 4.44. The molecule has 98 valence electrons. The van der Waals surface area contributed by atoms with Crippen LogP contribution in [0.2, 0.25) is 15.1 Å². The van der Waals surface area contributed by atoms with Crippen molar-refractivity contribution in [2.24, 2.45) is 0 Å². The van der Waals surface area contributed by atoms with Gasteiger partial charge in [0.1, 0.15) is 0 Å². The van der Waals surface area contributed by atoms with Crippen LogP contribution in [0.5, 0.6) is 0 Å². The molecule has 2 rings (SSSR count). The molecule has 1 aromatic carbocycles. The molecule has 1 heterocycles. The van der Waals surface area contributed by atoms with Gasteiger partial charge in [0, 0.05) is 23.4 Å². The molecule has 0 atom stereocenters. The second kappa shape index (κ2) is 5.21. The second-order valence-electron chi connectivity index (χ2n) is 3.61. The fourth-order valence-electron chi connectivity index (χ4n) is 1.51. The van der Waals surface area contributed by atoms with Crippen molar-refractivity contribution in [2.45, 2.75) is 0 Å². The van der Waals surface area contributed by atoms with Gasteiger partial charge in [-0.15, -0.1) is 0 Å². The Bertz CT molecular complexity index is 676. The lowest BCUT2D eigenvalue weighted by Gasteiger charge is -2.07. The molecule has 0 saturated carbocycles. The summed E-state index contributed by atoms with van der Waals surface area (Å²) in [6.07, 6.45) is 1.38. The molecular weight excluding hydrogens is 312 g/mol. The van der Waals surface area contributed by atoms with Crippen molar-refractivity contribution in [3.63, 3.8) is 0 Å². The van der Waals surface area contributed by atoms with Crippen molar-refractivity contribution in [1.82, 2.24) is 4.98 Å². The zero-order valence-electron chi connectivity index (χ0n) is 9.23. The fraction of sp³-hybridized carbons (Fsp3) is 0. The van der Waals surface area contributed by atoms with Crippen LogP contribution in [0.15, 0.2) is 24.4 Å². The first-order chi connectivity index (χ1) is 8.91. The Morgan fingerprint density at radius 2 is 1.89 bits per heavy atom. The maximum absolute atomic E-state index is 10.8. The average Bonchev–Trinajstić information content (AvgIpc) is 2.37. The first kappa shape index (κ1) is 13.9. The Hall–Kier alpha value is -1.56. The van der Waals surface area contributed by atoms with Gasteiger partial charge in [0.05, 0.1) is 20.0 Å². The molecule has 2 aromatic rings. The second-order valence-corrected chi connectivity index (χ2v) is 4.77. The molecule has 1 aromatic heterocycles. The van der Waals surface area contributed by atoms with E-state index >= 15 is 0 Å². The van der Waals surface area contributed by atoms with Gasteiger partial charge in [0.25, 0.3) is 0 Å². The topological polar surface area (TPSA) is 82.0 Å². The number of aromatic nitrogens is 1. The van der Waals surface area contributed by atoms with Gasteiger partial charge in [0.2, 0.25) is 5.82 Å². The van der Waals surface area contributed by atoms with Crippen molar-refractivity contribution in [1.29, 1.82) is 0 Å². The monoisotopic (exact) mass is 317 g/mol. The molecule has 0 aliphatic carbocycles. The number of hydrogen-bond donors (Lipinski definition) is 1. The largest absolute Gasteiger partial charge is 0.378 e. The van der Waals surface area contributed by atoms with Gasteiger partial charge in [-0.05, 0) is 6.07 Å². The van der Waals surface area contributed by atoms with E-state index < -0.39 is 4.92 Å². The SMILES string of the molecule is Nc1ncc(-c2ccc(Cl)c(Cl)c2Cl)cc1[N+](=O)[O-]. The third-order valence-electron chi connectivity index (χ3n) is 2.44. The molecule has 0 unspecified atom stereocenters. The maximum atomic E-state index is 10.8. The summed E-state index contributed by atoms with van der Waals surface area (Å²) >= 11 is 17.8. The normalized spacial score (nSPS) is 10.5. The van der Waals surface area contributed by atoms with E-state index in [-0.39, 0.29) is 21.6 Å². The Morgan fingerprint density at radius 3 is 2.53 bits per heavy atom. The van der Waals surface area contributed by atoms with Gasteiger partial charge >= 0.3 is 5.69 Å². The van der Waals surface area contributed by atoms with E-state index in [2.05, 4.69) is 4.98 Å². The zero-order valence-corrected chi connectivity index (χ0v) is 11.5. The van der Waals surface area contributed by atoms with E-state index in [1.165, 1.54) is 12.3 Å². The standard InChI is InChI=1S/C11H6Cl3N3O2/c12-7-2-1-6(9(13)10(7)14)5-3-8(17(18)19)11(15)16-4-5/h1-4H,(H2,15,16). The lowest BCUT2D eigenvalue weighted by molar-refractivity contribution is -0.384. The highest BCUT2D eigenvalue weighted by Crippen LogP contribution is 2.39. The van der Waals surface area contributed by atoms with Gasteiger partial charge in [-0.25, -0.2) is 4.98 Å². The number of nitrogens with two attached hydrogens (primary N) is 1. The van der Waals surface area contributed by atoms with Gasteiger partial charge < -0.3 is 5.73 Å². The predicted molar refractivity (Wildman–Crippen MR) is 75.8 cm³/mol. The van der Waals surface area contributed by atoms with Crippen LogP contribution in [-0.2, 0) is 0 Å². The van der Waals surface area contributed by atoms with Crippen molar-refractivity contribution >= 4 is 46.3 Å². The van der Waals surface area contributed by atoms with E-state index in [1.807, 2.05) is 0 Å². The lowest BCUT2D eigenvalue weighted by Crippen LogP contribution is -1.98. The minimum absolute atomic E-state index is 0.162. The van der Waals surface area contributed by atoms with E-state index in [1.54, 1.807) is 12.1 Å². The van der Waals surface area contributed by atoms with Gasteiger partial charge in [0.15, 0.2) is 0 Å². The fourth-order valence-corrected chi connectivity index (χ4v) is 2.15. The third-order valence-corrected chi connectivity index (χ3v) is 3.73. The molecule has 0 aliphatic rings.